The van der Waals surface area contributed by atoms with Crippen molar-refractivity contribution in [2.24, 2.45) is 0 Å². The molecule has 0 aromatic heterocycles. The molecule has 0 radical (unpaired) electrons. The number of ether oxygens (including phenoxy) is 1. The second kappa shape index (κ2) is 8.79. The molecule has 4 amide bonds. The number of benzene rings is 2. The molecule has 2 N–H and O–H groups in total. The zero-order chi connectivity index (χ0) is 25.5. The fourth-order valence-electron chi connectivity index (χ4n) is 4.03. The van der Waals surface area contributed by atoms with Gasteiger partial charge in [0.15, 0.2) is 17.7 Å². The van der Waals surface area contributed by atoms with Crippen molar-refractivity contribution in [3.05, 3.63) is 64.7 Å². The molecule has 2 aromatic carbocycles. The molecule has 0 bridgehead atoms. The third kappa shape index (κ3) is 4.07. The van der Waals surface area contributed by atoms with E-state index >= 15 is 0 Å². The minimum atomic E-state index is -1.31. The lowest BCUT2D eigenvalue weighted by Gasteiger charge is -2.21. The number of carbonyl (C=O) groups is 6. The maximum absolute atomic E-state index is 13.1. The van der Waals surface area contributed by atoms with Crippen LogP contribution in [0.5, 0.6) is 0 Å². The summed E-state index contributed by atoms with van der Waals surface area (Å²) in [4.78, 5) is 76.3. The Morgan fingerprint density at radius 3 is 2.26 bits per heavy atom. The molecule has 1 saturated heterocycles. The monoisotopic (exact) mass is 477 g/mol. The van der Waals surface area contributed by atoms with Crippen molar-refractivity contribution in [3.63, 3.8) is 0 Å². The third-order valence-corrected chi connectivity index (χ3v) is 6.23. The highest BCUT2D eigenvalue weighted by atomic mass is 16.5. The highest BCUT2D eigenvalue weighted by Crippen LogP contribution is 2.32. The van der Waals surface area contributed by atoms with Gasteiger partial charge in [0.25, 0.3) is 11.8 Å². The molecular weight excluding hydrogens is 454 g/mol. The lowest BCUT2D eigenvalue weighted by Crippen LogP contribution is -2.44. The van der Waals surface area contributed by atoms with Gasteiger partial charge in [0, 0.05) is 16.7 Å². The first-order valence-electron chi connectivity index (χ1n) is 11.0. The number of urea groups is 1. The number of amides is 4. The fraction of sp³-hybridized carbons (Fsp3) is 0.280. The molecule has 1 heterocycles. The summed E-state index contributed by atoms with van der Waals surface area (Å²) in [6.45, 7) is 3.94. The van der Waals surface area contributed by atoms with Gasteiger partial charge >= 0.3 is 12.0 Å². The van der Waals surface area contributed by atoms with Crippen LogP contribution in [0.3, 0.4) is 0 Å². The van der Waals surface area contributed by atoms with Gasteiger partial charge in [-0.2, -0.15) is 0 Å². The van der Waals surface area contributed by atoms with Crippen LogP contribution in [0.15, 0.2) is 42.5 Å². The number of fused-ring (bicyclic) bond motifs is 2. The molecule has 4 rings (SSSR count). The van der Waals surface area contributed by atoms with Gasteiger partial charge in [-0.05, 0) is 26.3 Å². The molecule has 0 saturated carbocycles. The number of esters is 1. The minimum absolute atomic E-state index is 0.0567. The Balaban J connectivity index is 1.46. The molecule has 2 aliphatic rings. The Morgan fingerprint density at radius 2 is 1.63 bits per heavy atom. The lowest BCUT2D eigenvalue weighted by atomic mass is 9.83. The van der Waals surface area contributed by atoms with Gasteiger partial charge < -0.3 is 15.4 Å². The largest absolute Gasteiger partial charge is 0.451 e. The zero-order valence-corrected chi connectivity index (χ0v) is 19.3. The molecule has 10 nitrogen and oxygen atoms in total. The van der Waals surface area contributed by atoms with E-state index in [9.17, 15) is 28.8 Å². The van der Waals surface area contributed by atoms with Crippen molar-refractivity contribution in [1.29, 1.82) is 0 Å². The average Bonchev–Trinajstić information content (AvgIpc) is 3.05. The van der Waals surface area contributed by atoms with Crippen LogP contribution in [0.25, 0.3) is 0 Å². The van der Waals surface area contributed by atoms with Crippen LogP contribution in [0.4, 0.5) is 10.5 Å². The average molecular weight is 477 g/mol. The maximum Gasteiger partial charge on any atom is 0.327 e. The fourth-order valence-corrected chi connectivity index (χ4v) is 4.03. The second-order valence-corrected chi connectivity index (χ2v) is 8.56. The first-order valence-corrected chi connectivity index (χ1v) is 11.0. The standard InChI is InChI=1S/C25H23N3O7/c1-4-25(3)23(33)28(24(34)27-25)12-18(29)35-13(2)22(32)26-17-11-7-10-16-19(17)21(31)15-9-6-5-8-14(15)20(16)30/h5-11,13H,4,12H2,1-3H3,(H,26,32)(H,27,34). The second-order valence-electron chi connectivity index (χ2n) is 8.56. The van der Waals surface area contributed by atoms with E-state index in [0.29, 0.717) is 6.42 Å². The van der Waals surface area contributed by atoms with E-state index in [4.69, 9.17) is 4.74 Å². The van der Waals surface area contributed by atoms with Crippen LogP contribution in [-0.4, -0.2) is 58.5 Å². The van der Waals surface area contributed by atoms with E-state index < -0.39 is 47.8 Å². The zero-order valence-electron chi connectivity index (χ0n) is 19.3. The summed E-state index contributed by atoms with van der Waals surface area (Å²) < 4.78 is 5.12. The number of carbonyl (C=O) groups excluding carboxylic acids is 6. The van der Waals surface area contributed by atoms with Crippen molar-refractivity contribution in [2.75, 3.05) is 11.9 Å². The molecule has 0 spiro atoms. The molecular formula is C25H23N3O7. The van der Waals surface area contributed by atoms with Crippen LogP contribution in [-0.2, 0) is 19.1 Å². The van der Waals surface area contributed by atoms with Gasteiger partial charge in [0.1, 0.15) is 12.1 Å². The van der Waals surface area contributed by atoms with Gasteiger partial charge in [-0.15, -0.1) is 0 Å². The Morgan fingerprint density at radius 1 is 1.00 bits per heavy atom. The minimum Gasteiger partial charge on any atom is -0.451 e. The highest BCUT2D eigenvalue weighted by Gasteiger charge is 2.47. The molecule has 1 fully saturated rings. The molecule has 1 aliphatic heterocycles. The Hall–Kier alpha value is -4.34. The SMILES string of the molecule is CCC1(C)NC(=O)N(CC(=O)OC(C)C(=O)Nc2cccc3c2C(=O)c2ccccc2C3=O)C1=O. The van der Waals surface area contributed by atoms with Crippen molar-refractivity contribution < 1.29 is 33.5 Å². The van der Waals surface area contributed by atoms with E-state index in [1.807, 2.05) is 0 Å². The number of ketones is 2. The van der Waals surface area contributed by atoms with Crippen LogP contribution in [0, 0.1) is 0 Å². The summed E-state index contributed by atoms with van der Waals surface area (Å²) in [5.74, 6) is -3.00. The molecule has 180 valence electrons. The lowest BCUT2D eigenvalue weighted by molar-refractivity contribution is -0.155. The Kier molecular flexibility index (Phi) is 5.98. The predicted molar refractivity (Wildman–Crippen MR) is 123 cm³/mol. The summed E-state index contributed by atoms with van der Waals surface area (Å²) >= 11 is 0. The molecule has 2 unspecified atom stereocenters. The summed E-state index contributed by atoms with van der Waals surface area (Å²) in [5.41, 5.74) is -0.254. The van der Waals surface area contributed by atoms with Crippen molar-refractivity contribution in [1.82, 2.24) is 10.2 Å². The summed E-state index contributed by atoms with van der Waals surface area (Å²) in [7, 11) is 0. The number of rotatable bonds is 6. The number of hydrogen-bond acceptors (Lipinski definition) is 7. The van der Waals surface area contributed by atoms with Gasteiger partial charge in [-0.3, -0.25) is 28.9 Å². The van der Waals surface area contributed by atoms with Crippen LogP contribution >= 0.6 is 0 Å². The van der Waals surface area contributed by atoms with Crippen molar-refractivity contribution in [2.45, 2.75) is 38.8 Å². The van der Waals surface area contributed by atoms with Gasteiger partial charge in [-0.1, -0.05) is 43.3 Å². The van der Waals surface area contributed by atoms with E-state index in [0.717, 1.165) is 4.90 Å². The van der Waals surface area contributed by atoms with Crippen LogP contribution < -0.4 is 10.6 Å². The molecule has 10 heteroatoms. The first-order chi connectivity index (χ1) is 16.6. The molecule has 1 aliphatic carbocycles. The number of anilines is 1. The van der Waals surface area contributed by atoms with Crippen LogP contribution in [0.1, 0.15) is 59.0 Å². The summed E-state index contributed by atoms with van der Waals surface area (Å²) in [6.07, 6.45) is -0.965. The predicted octanol–water partition coefficient (Wildman–Crippen LogP) is 2.05. The van der Waals surface area contributed by atoms with Crippen molar-refractivity contribution in [3.8, 4) is 0 Å². The Bertz CT molecular complexity index is 1300. The number of nitrogens with one attached hydrogen (secondary N) is 2. The van der Waals surface area contributed by atoms with Gasteiger partial charge in [0.05, 0.1) is 11.3 Å². The topological polar surface area (TPSA) is 139 Å². The van der Waals surface area contributed by atoms with Gasteiger partial charge in [0.2, 0.25) is 0 Å². The normalized spacial score (nSPS) is 19.6. The smallest absolute Gasteiger partial charge is 0.327 e. The van der Waals surface area contributed by atoms with E-state index in [-0.39, 0.29) is 33.7 Å². The third-order valence-electron chi connectivity index (χ3n) is 6.23. The van der Waals surface area contributed by atoms with E-state index in [1.165, 1.54) is 25.1 Å². The number of nitrogens with zero attached hydrogens (tertiary/aromatic N) is 1. The van der Waals surface area contributed by atoms with E-state index in [1.54, 1.807) is 38.1 Å². The Labute approximate surface area is 200 Å². The number of hydrogen-bond donors (Lipinski definition) is 2. The quantitative estimate of drug-likeness (QED) is 0.409. The first kappa shape index (κ1) is 23.8. The molecule has 2 atom stereocenters. The molecule has 35 heavy (non-hydrogen) atoms. The maximum atomic E-state index is 13.1. The summed E-state index contributed by atoms with van der Waals surface area (Å²) in [6, 6.07) is 10.2. The highest BCUT2D eigenvalue weighted by molar-refractivity contribution is 6.30. The van der Waals surface area contributed by atoms with E-state index in [2.05, 4.69) is 10.6 Å². The van der Waals surface area contributed by atoms with Gasteiger partial charge in [-0.25, -0.2) is 4.79 Å². The number of imide groups is 1. The summed E-state index contributed by atoms with van der Waals surface area (Å²) in [5, 5.41) is 5.07. The van der Waals surface area contributed by atoms with Crippen molar-refractivity contribution >= 4 is 41.1 Å². The van der Waals surface area contributed by atoms with Crippen LogP contribution in [0.2, 0.25) is 0 Å². The molecule has 2 aromatic rings.